The number of nitrogens with one attached hydrogen (secondary N) is 2. The number of esters is 1. The number of hydrogen-bond acceptors (Lipinski definition) is 6. The molecule has 4 N–H and O–H groups in total. The van der Waals surface area contributed by atoms with E-state index in [1.165, 1.54) is 122 Å². The first-order valence-corrected chi connectivity index (χ1v) is 21.7. The lowest BCUT2D eigenvalue weighted by Crippen LogP contribution is -2.47. The first-order valence-electron chi connectivity index (χ1n) is 21.7. The Balaban J connectivity index is 3.99. The average molecular weight is 749 g/mol. The number of carboxylic acid groups (broad SMARTS) is 1. The van der Waals surface area contributed by atoms with Gasteiger partial charge in [-0.1, -0.05) is 148 Å². The molecule has 0 aromatic heterocycles. The highest BCUT2D eigenvalue weighted by molar-refractivity contribution is 5.87. The summed E-state index contributed by atoms with van der Waals surface area (Å²) in [6.45, 7) is 3.40. The molecule has 0 saturated carbocycles. The van der Waals surface area contributed by atoms with Crippen molar-refractivity contribution in [1.82, 2.24) is 10.6 Å². The van der Waals surface area contributed by atoms with E-state index in [0.717, 1.165) is 51.4 Å². The minimum Gasteiger partial charge on any atom is -0.480 e. The van der Waals surface area contributed by atoms with Gasteiger partial charge in [0.15, 0.2) is 0 Å². The second kappa shape index (κ2) is 39.0. The molecule has 0 radical (unpaired) electrons. The summed E-state index contributed by atoms with van der Waals surface area (Å²) in [7, 11) is 0. The maximum absolute atomic E-state index is 12.6. The zero-order valence-electron chi connectivity index (χ0n) is 34.0. The first kappa shape index (κ1) is 50.3. The van der Waals surface area contributed by atoms with Crippen molar-refractivity contribution in [3.05, 3.63) is 24.3 Å². The largest absolute Gasteiger partial charge is 0.480 e. The van der Waals surface area contributed by atoms with Gasteiger partial charge in [0.05, 0.1) is 13.2 Å². The molecular weight excluding hydrogens is 668 g/mol. The number of hydrogen-bond donors (Lipinski definition) is 4. The fraction of sp³-hybridized carbons (Fsp3) is 0.818. The topological polar surface area (TPSA) is 142 Å². The number of aliphatic carboxylic acids is 1. The van der Waals surface area contributed by atoms with Gasteiger partial charge in [-0.05, 0) is 70.3 Å². The van der Waals surface area contributed by atoms with E-state index in [2.05, 4.69) is 42.7 Å². The van der Waals surface area contributed by atoms with Gasteiger partial charge >= 0.3 is 11.9 Å². The lowest BCUT2D eigenvalue weighted by molar-refractivity contribution is -0.147. The summed E-state index contributed by atoms with van der Waals surface area (Å²) in [5.74, 6) is -2.40. The van der Waals surface area contributed by atoms with Gasteiger partial charge in [0.1, 0.15) is 12.1 Å². The Bertz CT molecular complexity index is 952. The second-order valence-corrected chi connectivity index (χ2v) is 14.8. The number of aliphatic hydroxyl groups excluding tert-OH is 1. The Morgan fingerprint density at radius 3 is 1.57 bits per heavy atom. The summed E-state index contributed by atoms with van der Waals surface area (Å²) < 4.78 is 5.87. The third-order valence-electron chi connectivity index (χ3n) is 9.66. The lowest BCUT2D eigenvalue weighted by atomic mass is 10.0. The molecule has 0 aliphatic carbocycles. The number of aliphatic hydroxyl groups is 1. The van der Waals surface area contributed by atoms with Crippen LogP contribution in [0.5, 0.6) is 0 Å². The van der Waals surface area contributed by atoms with Crippen molar-refractivity contribution in [2.45, 2.75) is 219 Å². The molecule has 0 heterocycles. The summed E-state index contributed by atoms with van der Waals surface area (Å²) in [5, 5.41) is 22.5. The predicted molar refractivity (Wildman–Crippen MR) is 218 cm³/mol. The first-order chi connectivity index (χ1) is 25.8. The van der Waals surface area contributed by atoms with E-state index in [0.29, 0.717) is 12.8 Å². The highest BCUT2D eigenvalue weighted by atomic mass is 16.5. The smallest absolute Gasteiger partial charge is 0.328 e. The fourth-order valence-electron chi connectivity index (χ4n) is 6.27. The van der Waals surface area contributed by atoms with Crippen molar-refractivity contribution in [3.8, 4) is 0 Å². The van der Waals surface area contributed by atoms with Gasteiger partial charge in [-0.15, -0.1) is 0 Å². The van der Waals surface area contributed by atoms with Crippen molar-refractivity contribution in [2.75, 3.05) is 13.2 Å². The van der Waals surface area contributed by atoms with Gasteiger partial charge in [0.25, 0.3) is 0 Å². The third-order valence-corrected chi connectivity index (χ3v) is 9.66. The van der Waals surface area contributed by atoms with Gasteiger partial charge in [-0.25, -0.2) is 4.79 Å². The summed E-state index contributed by atoms with van der Waals surface area (Å²) >= 11 is 0. The van der Waals surface area contributed by atoms with Crippen LogP contribution in [0.4, 0.5) is 0 Å². The number of allylic oxidation sites excluding steroid dienone is 3. The maximum atomic E-state index is 12.6. The Morgan fingerprint density at radius 2 is 1.02 bits per heavy atom. The fourth-order valence-corrected chi connectivity index (χ4v) is 6.27. The molecule has 0 aliphatic rings. The quantitative estimate of drug-likeness (QED) is 0.0278. The molecule has 2 unspecified atom stereocenters. The molecule has 0 fully saturated rings. The summed E-state index contributed by atoms with van der Waals surface area (Å²) in [4.78, 5) is 47.4. The van der Waals surface area contributed by atoms with Crippen molar-refractivity contribution < 1.29 is 34.1 Å². The SMILES string of the molecule is CCCCC/C=C\C(CCCCCCC(=O)NCC(=O)NC(CO)C(=O)O)OC(=O)CCCCCCCCCCC/C=C\CCCCCCCCCC. The van der Waals surface area contributed by atoms with E-state index in [1.807, 2.05) is 6.08 Å². The Labute approximate surface area is 324 Å². The second-order valence-electron chi connectivity index (χ2n) is 14.8. The van der Waals surface area contributed by atoms with Crippen LogP contribution in [0.1, 0.15) is 206 Å². The van der Waals surface area contributed by atoms with E-state index in [-0.39, 0.29) is 30.9 Å². The zero-order chi connectivity index (χ0) is 39.0. The van der Waals surface area contributed by atoms with Crippen LogP contribution in [-0.4, -0.2) is 59.3 Å². The highest BCUT2D eigenvalue weighted by Crippen LogP contribution is 2.16. The summed E-state index contributed by atoms with van der Waals surface area (Å²) in [6, 6.07) is -1.39. The van der Waals surface area contributed by atoms with Gasteiger partial charge in [0, 0.05) is 12.8 Å². The van der Waals surface area contributed by atoms with Crippen LogP contribution in [0.2, 0.25) is 0 Å². The number of carbonyl (C=O) groups is 4. The number of carboxylic acids is 1. The van der Waals surface area contributed by atoms with Crippen LogP contribution in [0.25, 0.3) is 0 Å². The zero-order valence-corrected chi connectivity index (χ0v) is 34.0. The maximum Gasteiger partial charge on any atom is 0.328 e. The molecule has 53 heavy (non-hydrogen) atoms. The van der Waals surface area contributed by atoms with Crippen LogP contribution in [0.3, 0.4) is 0 Å². The molecule has 0 aromatic carbocycles. The van der Waals surface area contributed by atoms with Gasteiger partial charge < -0.3 is 25.6 Å². The molecule has 0 rings (SSSR count). The van der Waals surface area contributed by atoms with Crippen LogP contribution < -0.4 is 10.6 Å². The number of carbonyl (C=O) groups excluding carboxylic acids is 3. The van der Waals surface area contributed by atoms with Crippen LogP contribution in [0, 0.1) is 0 Å². The van der Waals surface area contributed by atoms with Crippen molar-refractivity contribution >= 4 is 23.8 Å². The summed E-state index contributed by atoms with van der Waals surface area (Å²) in [5.41, 5.74) is 0. The average Bonchev–Trinajstić information content (AvgIpc) is 3.14. The molecule has 308 valence electrons. The molecule has 0 spiro atoms. The molecule has 0 bridgehead atoms. The van der Waals surface area contributed by atoms with E-state index < -0.39 is 24.5 Å². The number of amides is 2. The number of unbranched alkanes of at least 4 members (excludes halogenated alkanes) is 23. The Hall–Kier alpha value is -2.68. The number of ether oxygens (including phenoxy) is 1. The van der Waals surface area contributed by atoms with Crippen molar-refractivity contribution in [1.29, 1.82) is 0 Å². The molecular formula is C44H80N2O7. The standard InChI is InChI=1S/C44H80N2O7/c1-3-5-7-9-10-11-12-13-14-15-16-17-18-19-20-21-22-23-24-26-32-36-43(50)53-39(33-29-25-8-6-4-2)34-30-27-28-31-35-41(48)45-37-42(49)46-40(38-47)44(51)52/h15-16,29,33,39-40,47H,3-14,17-28,30-32,34-38H2,1-2H3,(H,45,48)(H,46,49)(H,51,52)/b16-15-,33-29-. The Morgan fingerprint density at radius 1 is 0.566 bits per heavy atom. The predicted octanol–water partition coefficient (Wildman–Crippen LogP) is 10.4. The van der Waals surface area contributed by atoms with Crippen molar-refractivity contribution in [2.24, 2.45) is 0 Å². The molecule has 2 amide bonds. The molecule has 0 aliphatic heterocycles. The normalized spacial score (nSPS) is 12.7. The van der Waals surface area contributed by atoms with Gasteiger partial charge in [-0.3, -0.25) is 14.4 Å². The lowest BCUT2D eigenvalue weighted by Gasteiger charge is -2.15. The van der Waals surface area contributed by atoms with Crippen LogP contribution in [0.15, 0.2) is 24.3 Å². The van der Waals surface area contributed by atoms with Gasteiger partial charge in [0.2, 0.25) is 11.8 Å². The molecule has 0 saturated heterocycles. The molecule has 9 nitrogen and oxygen atoms in total. The van der Waals surface area contributed by atoms with Crippen molar-refractivity contribution in [3.63, 3.8) is 0 Å². The van der Waals surface area contributed by atoms with E-state index >= 15 is 0 Å². The van der Waals surface area contributed by atoms with Crippen LogP contribution in [-0.2, 0) is 23.9 Å². The van der Waals surface area contributed by atoms with Crippen LogP contribution >= 0.6 is 0 Å². The van der Waals surface area contributed by atoms with E-state index in [9.17, 15) is 19.2 Å². The minimum atomic E-state index is -1.39. The van der Waals surface area contributed by atoms with E-state index in [4.69, 9.17) is 14.9 Å². The third kappa shape index (κ3) is 36.1. The van der Waals surface area contributed by atoms with E-state index in [1.54, 1.807) is 0 Å². The molecule has 0 aromatic rings. The molecule has 9 heteroatoms. The van der Waals surface area contributed by atoms with Gasteiger partial charge in [-0.2, -0.15) is 0 Å². The minimum absolute atomic E-state index is 0.116. The Kier molecular flexibility index (Phi) is 37.1. The highest BCUT2D eigenvalue weighted by Gasteiger charge is 2.18. The number of rotatable bonds is 39. The molecule has 2 atom stereocenters. The summed E-state index contributed by atoms with van der Waals surface area (Å²) in [6.07, 6.45) is 42.5. The monoisotopic (exact) mass is 749 g/mol.